The van der Waals surface area contributed by atoms with Crippen molar-refractivity contribution < 1.29 is 24.2 Å². The number of aliphatic hydroxyl groups excluding tert-OH is 1. The van der Waals surface area contributed by atoms with E-state index in [9.17, 15) is 19.5 Å². The maximum atomic E-state index is 14.6. The molecule has 2 saturated heterocycles. The SMILES string of the molecule is CCCN1CC=C[C@@]2(C)O[C@]34C=CCN(c5ccc6ccccc6c5)C(=O)C3N(CCCCO)C(=O)[C@@H]4[C@H]2C1=O. The molecular weight excluding hydrogens is 506 g/mol. The minimum absolute atomic E-state index is 0.00475. The molecule has 1 spiro atoms. The van der Waals surface area contributed by atoms with Crippen LogP contribution in [0.3, 0.4) is 0 Å². The molecular formula is C32H37N3O5. The number of amides is 3. The summed E-state index contributed by atoms with van der Waals surface area (Å²) in [5.74, 6) is -2.10. The first-order valence-electron chi connectivity index (χ1n) is 14.4. The summed E-state index contributed by atoms with van der Waals surface area (Å²) in [4.78, 5) is 48.0. The Hall–Kier alpha value is -3.49. The molecule has 0 saturated carbocycles. The molecule has 6 rings (SSSR count). The lowest BCUT2D eigenvalue weighted by Gasteiger charge is -2.37. The quantitative estimate of drug-likeness (QED) is 0.428. The molecule has 5 atom stereocenters. The molecule has 4 heterocycles. The van der Waals surface area contributed by atoms with Gasteiger partial charge in [0, 0.05) is 38.5 Å². The fraction of sp³-hybridized carbons (Fsp3) is 0.469. The Balaban J connectivity index is 1.45. The van der Waals surface area contributed by atoms with Crippen LogP contribution in [-0.2, 0) is 19.1 Å². The first-order valence-corrected chi connectivity index (χ1v) is 14.4. The van der Waals surface area contributed by atoms with Crippen LogP contribution in [0.15, 0.2) is 66.8 Å². The average molecular weight is 544 g/mol. The number of anilines is 1. The zero-order chi connectivity index (χ0) is 28.1. The maximum Gasteiger partial charge on any atom is 0.253 e. The van der Waals surface area contributed by atoms with Crippen LogP contribution in [-0.4, -0.2) is 82.7 Å². The lowest BCUT2D eigenvalue weighted by Crippen LogP contribution is -2.56. The van der Waals surface area contributed by atoms with E-state index in [0.717, 1.165) is 22.9 Å². The number of carbonyl (C=O) groups is 3. The fourth-order valence-corrected chi connectivity index (χ4v) is 7.25. The van der Waals surface area contributed by atoms with Gasteiger partial charge in [0.2, 0.25) is 11.8 Å². The molecule has 2 aromatic carbocycles. The number of fused-ring (bicyclic) bond motifs is 3. The van der Waals surface area contributed by atoms with E-state index < -0.39 is 29.1 Å². The third-order valence-electron chi connectivity index (χ3n) is 8.99. The summed E-state index contributed by atoms with van der Waals surface area (Å²) in [5.41, 5.74) is -1.54. The zero-order valence-corrected chi connectivity index (χ0v) is 23.2. The molecule has 8 heteroatoms. The van der Waals surface area contributed by atoms with Crippen molar-refractivity contribution in [2.45, 2.75) is 50.4 Å². The smallest absolute Gasteiger partial charge is 0.253 e. The van der Waals surface area contributed by atoms with Crippen molar-refractivity contribution in [1.29, 1.82) is 0 Å². The highest BCUT2D eigenvalue weighted by atomic mass is 16.5. The molecule has 1 unspecified atom stereocenters. The van der Waals surface area contributed by atoms with Gasteiger partial charge in [-0.1, -0.05) is 61.6 Å². The van der Waals surface area contributed by atoms with Crippen molar-refractivity contribution in [2.24, 2.45) is 11.8 Å². The largest absolute Gasteiger partial charge is 0.396 e. The summed E-state index contributed by atoms with van der Waals surface area (Å²) >= 11 is 0. The number of rotatable bonds is 7. The highest BCUT2D eigenvalue weighted by molar-refractivity contribution is 6.06. The van der Waals surface area contributed by atoms with Crippen LogP contribution in [0.2, 0.25) is 0 Å². The van der Waals surface area contributed by atoms with E-state index >= 15 is 0 Å². The van der Waals surface area contributed by atoms with Crippen LogP contribution in [0, 0.1) is 11.8 Å². The van der Waals surface area contributed by atoms with Gasteiger partial charge in [0.15, 0.2) is 0 Å². The van der Waals surface area contributed by atoms with Crippen molar-refractivity contribution in [1.82, 2.24) is 9.80 Å². The van der Waals surface area contributed by atoms with Crippen molar-refractivity contribution >= 4 is 34.2 Å². The number of ether oxygens (including phenoxy) is 1. The number of likely N-dealkylation sites (tertiary alicyclic amines) is 1. The Morgan fingerprint density at radius 1 is 0.900 bits per heavy atom. The number of carbonyl (C=O) groups excluding carboxylic acids is 3. The first kappa shape index (κ1) is 26.7. The van der Waals surface area contributed by atoms with E-state index in [0.29, 0.717) is 39.0 Å². The van der Waals surface area contributed by atoms with Gasteiger partial charge in [-0.2, -0.15) is 0 Å². The number of aliphatic hydroxyl groups is 1. The fourth-order valence-electron chi connectivity index (χ4n) is 7.25. The van der Waals surface area contributed by atoms with Crippen LogP contribution in [0.5, 0.6) is 0 Å². The number of unbranched alkanes of at least 4 members (excludes halogenated alkanes) is 1. The normalized spacial score (nSPS) is 31.4. The lowest BCUT2D eigenvalue weighted by molar-refractivity contribution is -0.148. The summed E-state index contributed by atoms with van der Waals surface area (Å²) in [5, 5.41) is 11.5. The van der Waals surface area contributed by atoms with E-state index in [2.05, 4.69) is 0 Å². The molecule has 1 N–H and O–H groups in total. The summed E-state index contributed by atoms with van der Waals surface area (Å²) in [6, 6.07) is 13.0. The van der Waals surface area contributed by atoms with Crippen molar-refractivity contribution in [2.75, 3.05) is 37.7 Å². The van der Waals surface area contributed by atoms with Gasteiger partial charge in [-0.15, -0.1) is 0 Å². The zero-order valence-electron chi connectivity index (χ0n) is 23.2. The minimum Gasteiger partial charge on any atom is -0.396 e. The Bertz CT molecular complexity index is 1400. The van der Waals surface area contributed by atoms with E-state index in [4.69, 9.17) is 4.74 Å². The standard InChI is InChI=1S/C32H37N3O5/c1-3-16-33-17-8-14-31(2)25(28(33)37)26-29(38)35(18-6-7-20-36)27-30(39)34(19-9-15-32(26,27)40-31)24-13-12-22-10-4-5-11-23(22)21-24/h4-5,8-15,21,25-27,36H,3,6-7,16-20H2,1-2H3/t25-,26-,27?,31+,32-/m0/s1. The summed E-state index contributed by atoms with van der Waals surface area (Å²) in [7, 11) is 0. The molecule has 2 fully saturated rings. The van der Waals surface area contributed by atoms with Crippen molar-refractivity contribution in [3.05, 3.63) is 66.8 Å². The monoisotopic (exact) mass is 543 g/mol. The Morgan fingerprint density at radius 2 is 1.68 bits per heavy atom. The van der Waals surface area contributed by atoms with Crippen LogP contribution in [0.1, 0.15) is 33.1 Å². The number of nitrogens with zero attached hydrogens (tertiary/aromatic N) is 3. The Labute approximate surface area is 234 Å². The first-order chi connectivity index (χ1) is 19.3. The lowest BCUT2D eigenvalue weighted by atomic mass is 9.74. The third kappa shape index (κ3) is 3.99. The Morgan fingerprint density at radius 3 is 2.45 bits per heavy atom. The van der Waals surface area contributed by atoms with Gasteiger partial charge in [0.25, 0.3) is 5.91 Å². The highest BCUT2D eigenvalue weighted by Gasteiger charge is 2.74. The Kier molecular flexibility index (Phi) is 6.79. The van der Waals surface area contributed by atoms with Gasteiger partial charge in [-0.05, 0) is 49.1 Å². The molecule has 4 aliphatic heterocycles. The van der Waals surface area contributed by atoms with Gasteiger partial charge in [0.05, 0.1) is 17.4 Å². The van der Waals surface area contributed by atoms with Crippen LogP contribution in [0.4, 0.5) is 5.69 Å². The van der Waals surface area contributed by atoms with Crippen molar-refractivity contribution in [3.8, 4) is 0 Å². The van der Waals surface area contributed by atoms with Crippen LogP contribution in [0.25, 0.3) is 10.8 Å². The predicted octanol–water partition coefficient (Wildman–Crippen LogP) is 3.29. The van der Waals surface area contributed by atoms with Gasteiger partial charge in [0.1, 0.15) is 11.6 Å². The van der Waals surface area contributed by atoms with E-state index in [1.54, 1.807) is 14.7 Å². The maximum absolute atomic E-state index is 14.6. The molecule has 4 aliphatic rings. The average Bonchev–Trinajstić information content (AvgIpc) is 3.21. The van der Waals surface area contributed by atoms with E-state index in [-0.39, 0.29) is 24.3 Å². The van der Waals surface area contributed by atoms with Crippen molar-refractivity contribution in [3.63, 3.8) is 0 Å². The number of benzene rings is 2. The molecule has 2 aromatic rings. The third-order valence-corrected chi connectivity index (χ3v) is 8.99. The molecule has 0 aromatic heterocycles. The molecule has 3 amide bonds. The van der Waals surface area contributed by atoms with Crippen LogP contribution >= 0.6 is 0 Å². The van der Waals surface area contributed by atoms with Crippen LogP contribution < -0.4 is 4.90 Å². The number of hydrogen-bond donors (Lipinski definition) is 1. The highest BCUT2D eigenvalue weighted by Crippen LogP contribution is 2.57. The summed E-state index contributed by atoms with van der Waals surface area (Å²) < 4.78 is 6.88. The van der Waals surface area contributed by atoms with E-state index in [1.165, 1.54) is 0 Å². The van der Waals surface area contributed by atoms with E-state index in [1.807, 2.05) is 80.6 Å². The molecule has 40 heavy (non-hydrogen) atoms. The minimum atomic E-state index is -1.27. The summed E-state index contributed by atoms with van der Waals surface area (Å²) in [6.07, 6.45) is 9.54. The van der Waals surface area contributed by atoms with Gasteiger partial charge >= 0.3 is 0 Å². The molecule has 0 radical (unpaired) electrons. The molecule has 210 valence electrons. The predicted molar refractivity (Wildman–Crippen MR) is 152 cm³/mol. The van der Waals surface area contributed by atoms with Gasteiger partial charge in [-0.3, -0.25) is 14.4 Å². The topological polar surface area (TPSA) is 90.4 Å². The summed E-state index contributed by atoms with van der Waals surface area (Å²) in [6.45, 7) is 5.62. The molecule has 8 nitrogen and oxygen atoms in total. The van der Waals surface area contributed by atoms with Gasteiger partial charge in [-0.25, -0.2) is 0 Å². The number of hydrogen-bond acceptors (Lipinski definition) is 5. The second-order valence-corrected chi connectivity index (χ2v) is 11.5. The molecule has 0 bridgehead atoms. The molecule has 0 aliphatic carbocycles. The second kappa shape index (κ2) is 10.2. The van der Waals surface area contributed by atoms with Gasteiger partial charge < -0.3 is 24.5 Å². The second-order valence-electron chi connectivity index (χ2n) is 11.5.